The van der Waals surface area contributed by atoms with Gasteiger partial charge in [-0.1, -0.05) is 0 Å². The Morgan fingerprint density at radius 3 is 2.08 bits per heavy atom. The zero-order valence-corrected chi connectivity index (χ0v) is 9.48. The maximum atomic E-state index is 5.29. The van der Waals surface area contributed by atoms with Crippen molar-refractivity contribution in [1.29, 1.82) is 0 Å². The molecule has 0 atom stereocenters. The Balaban J connectivity index is 0. The fourth-order valence-electron chi connectivity index (χ4n) is 0.552. The molecule has 0 unspecified atom stereocenters. The summed E-state index contributed by atoms with van der Waals surface area (Å²) in [5.41, 5.74) is 1.21. The Hall–Kier alpha value is -0.210. The average Bonchev–Trinajstić information content (AvgIpc) is 1.78. The second-order valence-corrected chi connectivity index (χ2v) is 4.08. The van der Waals surface area contributed by atoms with Crippen LogP contribution in [0.25, 0.3) is 0 Å². The van der Waals surface area contributed by atoms with Crippen molar-refractivity contribution in [3.05, 3.63) is 11.8 Å². The van der Waals surface area contributed by atoms with Crippen molar-refractivity contribution in [2.75, 3.05) is 34.3 Å². The lowest BCUT2D eigenvalue weighted by molar-refractivity contribution is -0.870. The van der Waals surface area contributed by atoms with E-state index in [0.717, 1.165) is 17.6 Å². The Morgan fingerprint density at radius 2 is 1.75 bits per heavy atom. The fourth-order valence-corrected chi connectivity index (χ4v) is 0.552. The Bertz CT molecular complexity index is 134. The number of allylic oxidation sites excluding steroid dienone is 1. The standard InChI is InChI=1S/C9H20NO.ClH/c1-9(2)8-11-7-6-10(3,4)5;/h8H,6-7H2,1-5H3;1H/q+1;/p-1. The molecule has 0 rings (SSSR count). The topological polar surface area (TPSA) is 9.23 Å². The summed E-state index contributed by atoms with van der Waals surface area (Å²) >= 11 is 0. The van der Waals surface area contributed by atoms with Gasteiger partial charge in [0.15, 0.2) is 0 Å². The van der Waals surface area contributed by atoms with Crippen molar-refractivity contribution in [2.45, 2.75) is 13.8 Å². The van der Waals surface area contributed by atoms with E-state index in [1.807, 2.05) is 20.1 Å². The van der Waals surface area contributed by atoms with Gasteiger partial charge in [0.05, 0.1) is 27.4 Å². The molecule has 0 aromatic carbocycles. The van der Waals surface area contributed by atoms with Crippen LogP contribution in [0.3, 0.4) is 0 Å². The van der Waals surface area contributed by atoms with Gasteiger partial charge in [0.25, 0.3) is 0 Å². The predicted octanol–water partition coefficient (Wildman–Crippen LogP) is -1.36. The maximum absolute atomic E-state index is 5.29. The van der Waals surface area contributed by atoms with E-state index in [1.54, 1.807) is 0 Å². The van der Waals surface area contributed by atoms with Crippen LogP contribution in [-0.2, 0) is 4.74 Å². The molecule has 0 saturated heterocycles. The summed E-state index contributed by atoms with van der Waals surface area (Å²) < 4.78 is 6.25. The highest BCUT2D eigenvalue weighted by atomic mass is 35.5. The number of hydrogen-bond donors (Lipinski definition) is 0. The molecular formula is C9H20ClNO. The summed E-state index contributed by atoms with van der Waals surface area (Å²) in [6, 6.07) is 0. The summed E-state index contributed by atoms with van der Waals surface area (Å²) in [6.45, 7) is 5.91. The SMILES string of the molecule is CC(C)=COCC[N+](C)(C)C.[Cl-]. The number of ether oxygens (including phenoxy) is 1. The maximum Gasteiger partial charge on any atom is 0.136 e. The van der Waals surface area contributed by atoms with Crippen LogP contribution in [0.4, 0.5) is 0 Å². The van der Waals surface area contributed by atoms with E-state index in [9.17, 15) is 0 Å². The van der Waals surface area contributed by atoms with Crippen LogP contribution < -0.4 is 12.4 Å². The lowest BCUT2D eigenvalue weighted by Gasteiger charge is -2.23. The van der Waals surface area contributed by atoms with Gasteiger partial charge < -0.3 is 21.6 Å². The molecule has 12 heavy (non-hydrogen) atoms. The molecule has 0 bridgehead atoms. The molecule has 0 aliphatic rings. The van der Waals surface area contributed by atoms with E-state index in [0.29, 0.717) is 0 Å². The number of likely N-dealkylation sites (N-methyl/N-ethyl adjacent to an activating group) is 1. The third-order valence-electron chi connectivity index (χ3n) is 1.20. The van der Waals surface area contributed by atoms with E-state index in [4.69, 9.17) is 4.74 Å². The van der Waals surface area contributed by atoms with Gasteiger partial charge in [0.1, 0.15) is 13.2 Å². The van der Waals surface area contributed by atoms with Gasteiger partial charge in [0, 0.05) is 0 Å². The molecule has 0 aliphatic heterocycles. The third kappa shape index (κ3) is 12.5. The van der Waals surface area contributed by atoms with Gasteiger partial charge in [-0.2, -0.15) is 0 Å². The quantitative estimate of drug-likeness (QED) is 0.305. The zero-order chi connectivity index (χ0) is 8.91. The molecule has 0 fully saturated rings. The van der Waals surface area contributed by atoms with Crippen LogP contribution in [0.5, 0.6) is 0 Å². The first-order valence-electron chi connectivity index (χ1n) is 3.97. The van der Waals surface area contributed by atoms with Crippen molar-refractivity contribution in [2.24, 2.45) is 0 Å². The smallest absolute Gasteiger partial charge is 0.136 e. The van der Waals surface area contributed by atoms with Crippen LogP contribution in [-0.4, -0.2) is 38.8 Å². The van der Waals surface area contributed by atoms with E-state index in [2.05, 4.69) is 21.1 Å². The van der Waals surface area contributed by atoms with Gasteiger partial charge in [-0.05, 0) is 19.4 Å². The molecule has 74 valence electrons. The number of quaternary nitrogens is 1. The minimum atomic E-state index is 0. The van der Waals surface area contributed by atoms with Gasteiger partial charge in [-0.3, -0.25) is 0 Å². The molecule has 0 aromatic rings. The Labute approximate surface area is 82.2 Å². The molecule has 0 N–H and O–H groups in total. The highest BCUT2D eigenvalue weighted by Gasteiger charge is 2.04. The van der Waals surface area contributed by atoms with E-state index < -0.39 is 0 Å². The summed E-state index contributed by atoms with van der Waals surface area (Å²) in [6.07, 6.45) is 1.82. The number of rotatable bonds is 4. The van der Waals surface area contributed by atoms with Crippen molar-refractivity contribution in [3.8, 4) is 0 Å². The van der Waals surface area contributed by atoms with Crippen LogP contribution in [0.15, 0.2) is 11.8 Å². The summed E-state index contributed by atoms with van der Waals surface area (Å²) in [5.74, 6) is 0. The highest BCUT2D eigenvalue weighted by Crippen LogP contribution is 1.92. The minimum Gasteiger partial charge on any atom is -1.00 e. The Morgan fingerprint density at radius 1 is 1.25 bits per heavy atom. The fraction of sp³-hybridized carbons (Fsp3) is 0.778. The van der Waals surface area contributed by atoms with Gasteiger partial charge >= 0.3 is 0 Å². The first-order valence-corrected chi connectivity index (χ1v) is 3.97. The molecule has 3 heteroatoms. The number of nitrogens with zero attached hydrogens (tertiary/aromatic N) is 1. The molecule has 0 spiro atoms. The highest BCUT2D eigenvalue weighted by molar-refractivity contribution is 4.86. The zero-order valence-electron chi connectivity index (χ0n) is 8.72. The second-order valence-electron chi connectivity index (χ2n) is 4.08. The summed E-state index contributed by atoms with van der Waals surface area (Å²) in [4.78, 5) is 0. The lowest BCUT2D eigenvalue weighted by atomic mass is 10.4. The summed E-state index contributed by atoms with van der Waals surface area (Å²) in [7, 11) is 6.48. The van der Waals surface area contributed by atoms with Crippen LogP contribution in [0, 0.1) is 0 Å². The Kier molecular flexibility index (Phi) is 7.54. The van der Waals surface area contributed by atoms with Crippen LogP contribution in [0.2, 0.25) is 0 Å². The molecule has 0 aliphatic carbocycles. The van der Waals surface area contributed by atoms with Crippen molar-refractivity contribution in [1.82, 2.24) is 0 Å². The monoisotopic (exact) mass is 193 g/mol. The number of hydrogen-bond acceptors (Lipinski definition) is 1. The molecule has 0 aromatic heterocycles. The van der Waals surface area contributed by atoms with Gasteiger partial charge in [-0.15, -0.1) is 0 Å². The minimum absolute atomic E-state index is 0. The second kappa shape index (κ2) is 6.32. The van der Waals surface area contributed by atoms with Crippen molar-refractivity contribution in [3.63, 3.8) is 0 Å². The van der Waals surface area contributed by atoms with Crippen molar-refractivity contribution < 1.29 is 21.6 Å². The average molecular weight is 194 g/mol. The van der Waals surface area contributed by atoms with Gasteiger partial charge in [-0.25, -0.2) is 0 Å². The van der Waals surface area contributed by atoms with Crippen LogP contribution in [0.1, 0.15) is 13.8 Å². The van der Waals surface area contributed by atoms with Gasteiger partial charge in [0.2, 0.25) is 0 Å². The van der Waals surface area contributed by atoms with E-state index in [1.165, 1.54) is 5.57 Å². The summed E-state index contributed by atoms with van der Waals surface area (Å²) in [5, 5.41) is 0. The van der Waals surface area contributed by atoms with Crippen molar-refractivity contribution >= 4 is 0 Å². The van der Waals surface area contributed by atoms with E-state index >= 15 is 0 Å². The lowest BCUT2D eigenvalue weighted by Crippen LogP contribution is -3.00. The third-order valence-corrected chi connectivity index (χ3v) is 1.20. The molecule has 0 radical (unpaired) electrons. The number of halogens is 1. The molecule has 0 heterocycles. The molecule has 2 nitrogen and oxygen atoms in total. The molecule has 0 saturated carbocycles. The predicted molar refractivity (Wildman–Crippen MR) is 48.3 cm³/mol. The molecular weight excluding hydrogens is 174 g/mol. The largest absolute Gasteiger partial charge is 1.00 e. The van der Waals surface area contributed by atoms with Crippen LogP contribution >= 0.6 is 0 Å². The molecule has 0 amide bonds. The van der Waals surface area contributed by atoms with E-state index in [-0.39, 0.29) is 12.4 Å². The first-order chi connectivity index (χ1) is 4.92. The normalized spacial score (nSPS) is 10.1. The first kappa shape index (κ1) is 14.3.